The molecule has 2 aromatic heterocycles. The first kappa shape index (κ1) is 28.0. The zero-order chi connectivity index (χ0) is 28.4. The molecule has 40 heavy (non-hydrogen) atoms. The Morgan fingerprint density at radius 1 is 1.07 bits per heavy atom. The standard InChI is InChI=1S/C29H39N5O5Si/c1-19-8-9-21(40(4,5)6)16-23(19)39-24-11-10-22(38-24)26(35)30-25-27(36-2)31-29(32-28(25)37-3)34-15-12-20(18-34)17-33-13-7-14-33/h8-11,16,20H,7,12-15,17-18H2,1-6H3,(H,30,35). The third-order valence-electron chi connectivity index (χ3n) is 7.56. The summed E-state index contributed by atoms with van der Waals surface area (Å²) in [7, 11) is 1.50. The van der Waals surface area contributed by atoms with Crippen molar-refractivity contribution >= 4 is 30.8 Å². The van der Waals surface area contributed by atoms with Crippen molar-refractivity contribution in [1.82, 2.24) is 14.9 Å². The lowest BCUT2D eigenvalue weighted by Gasteiger charge is -2.32. The van der Waals surface area contributed by atoms with Crippen LogP contribution in [0.3, 0.4) is 0 Å². The normalized spacial score (nSPS) is 17.4. The summed E-state index contributed by atoms with van der Waals surface area (Å²) in [5.74, 6) is 2.09. The number of aryl methyl sites for hydroxylation is 1. The number of nitrogens with one attached hydrogen (secondary N) is 1. The first-order valence-electron chi connectivity index (χ1n) is 13.8. The van der Waals surface area contributed by atoms with E-state index < -0.39 is 14.0 Å². The van der Waals surface area contributed by atoms with Gasteiger partial charge in [0.2, 0.25) is 17.7 Å². The number of amides is 1. The van der Waals surface area contributed by atoms with Gasteiger partial charge >= 0.3 is 0 Å². The van der Waals surface area contributed by atoms with Gasteiger partial charge in [0.15, 0.2) is 11.4 Å². The predicted molar refractivity (Wildman–Crippen MR) is 157 cm³/mol. The van der Waals surface area contributed by atoms with Crippen LogP contribution in [0.1, 0.15) is 29.0 Å². The lowest BCUT2D eigenvalue weighted by atomic mass is 10.1. The molecule has 5 rings (SSSR count). The Labute approximate surface area is 236 Å². The van der Waals surface area contributed by atoms with Gasteiger partial charge in [-0.15, -0.1) is 0 Å². The molecule has 214 valence electrons. The number of ether oxygens (including phenoxy) is 3. The van der Waals surface area contributed by atoms with Crippen molar-refractivity contribution in [3.63, 3.8) is 0 Å². The average Bonchev–Trinajstić information content (AvgIpc) is 3.57. The summed E-state index contributed by atoms with van der Waals surface area (Å²) in [4.78, 5) is 27.0. The number of anilines is 2. The van der Waals surface area contributed by atoms with Gasteiger partial charge in [0.25, 0.3) is 11.9 Å². The van der Waals surface area contributed by atoms with Gasteiger partial charge in [-0.3, -0.25) is 4.79 Å². The molecule has 1 N–H and O–H groups in total. The summed E-state index contributed by atoms with van der Waals surface area (Å²) in [5, 5.41) is 4.08. The van der Waals surface area contributed by atoms with Crippen LogP contribution >= 0.6 is 0 Å². The minimum Gasteiger partial charge on any atom is -0.479 e. The number of rotatable bonds is 10. The van der Waals surface area contributed by atoms with E-state index in [-0.39, 0.29) is 29.2 Å². The molecular weight excluding hydrogens is 526 g/mol. The van der Waals surface area contributed by atoms with Gasteiger partial charge < -0.3 is 33.7 Å². The summed E-state index contributed by atoms with van der Waals surface area (Å²) >= 11 is 0. The molecule has 2 saturated heterocycles. The largest absolute Gasteiger partial charge is 0.479 e. The molecule has 1 unspecified atom stereocenters. The highest BCUT2D eigenvalue weighted by molar-refractivity contribution is 6.88. The zero-order valence-corrected chi connectivity index (χ0v) is 25.2. The lowest BCUT2D eigenvalue weighted by Crippen LogP contribution is -2.41. The molecule has 0 aliphatic carbocycles. The number of nitrogens with zero attached hydrogens (tertiary/aromatic N) is 4. The van der Waals surface area contributed by atoms with Crippen LogP contribution in [0.25, 0.3) is 0 Å². The third-order valence-corrected chi connectivity index (χ3v) is 9.60. The molecule has 2 fully saturated rings. The smallest absolute Gasteiger partial charge is 0.291 e. The molecule has 4 heterocycles. The SMILES string of the molecule is COc1nc(N2CCC(CN3CCC3)C2)nc(OC)c1NC(=O)c1ccc(Oc2cc([Si](C)(C)C)ccc2C)o1. The number of benzene rings is 1. The van der Waals surface area contributed by atoms with E-state index >= 15 is 0 Å². The van der Waals surface area contributed by atoms with Gasteiger partial charge in [-0.25, -0.2) is 0 Å². The molecule has 0 radical (unpaired) electrons. The second-order valence-electron chi connectivity index (χ2n) is 11.6. The van der Waals surface area contributed by atoms with Gasteiger partial charge in [-0.05, 0) is 56.5 Å². The lowest BCUT2D eigenvalue weighted by molar-refractivity contribution is 0.0990. The number of aromatic nitrogens is 2. The molecule has 10 nitrogen and oxygen atoms in total. The Morgan fingerprint density at radius 3 is 2.42 bits per heavy atom. The van der Waals surface area contributed by atoms with E-state index in [1.165, 1.54) is 38.9 Å². The molecule has 2 aliphatic rings. The van der Waals surface area contributed by atoms with Gasteiger partial charge in [0, 0.05) is 25.7 Å². The van der Waals surface area contributed by atoms with Crippen molar-refractivity contribution in [2.24, 2.45) is 5.92 Å². The van der Waals surface area contributed by atoms with Crippen LogP contribution in [0.2, 0.25) is 19.6 Å². The fourth-order valence-corrected chi connectivity index (χ4v) is 6.15. The van der Waals surface area contributed by atoms with E-state index in [0.29, 0.717) is 17.6 Å². The van der Waals surface area contributed by atoms with E-state index in [1.54, 1.807) is 12.1 Å². The molecular formula is C29H39N5O5Si. The Morgan fingerprint density at radius 2 is 1.80 bits per heavy atom. The minimum atomic E-state index is -1.52. The minimum absolute atomic E-state index is 0.0792. The van der Waals surface area contributed by atoms with Crippen LogP contribution < -0.4 is 29.6 Å². The topological polar surface area (TPSA) is 102 Å². The number of furan rings is 1. The number of carbonyl (C=O) groups excluding carboxylic acids is 1. The average molecular weight is 566 g/mol. The fraction of sp³-hybridized carbons (Fsp3) is 0.483. The maximum atomic E-state index is 13.2. The number of hydrogen-bond acceptors (Lipinski definition) is 9. The van der Waals surface area contributed by atoms with Crippen LogP contribution in [-0.2, 0) is 0 Å². The monoisotopic (exact) mass is 565 g/mol. The summed E-state index contributed by atoms with van der Waals surface area (Å²) in [6.45, 7) is 14.1. The molecule has 0 saturated carbocycles. The highest BCUT2D eigenvalue weighted by atomic mass is 28.3. The van der Waals surface area contributed by atoms with Gasteiger partial charge in [-0.1, -0.05) is 37.0 Å². The van der Waals surface area contributed by atoms with Gasteiger partial charge in [0.05, 0.1) is 22.3 Å². The van der Waals surface area contributed by atoms with Gasteiger partial charge in [0.1, 0.15) is 5.75 Å². The molecule has 0 spiro atoms. The molecule has 2 aliphatic heterocycles. The summed E-state index contributed by atoms with van der Waals surface area (Å²) in [6, 6.07) is 9.47. The van der Waals surface area contributed by atoms with Crippen LogP contribution in [0, 0.1) is 12.8 Å². The molecule has 1 aromatic carbocycles. The molecule has 1 amide bonds. The van der Waals surface area contributed by atoms with E-state index in [1.807, 2.05) is 6.92 Å². The highest BCUT2D eigenvalue weighted by Gasteiger charge is 2.30. The number of methoxy groups -OCH3 is 2. The predicted octanol–water partition coefficient (Wildman–Crippen LogP) is 4.52. The van der Waals surface area contributed by atoms with Crippen molar-refractivity contribution < 1.29 is 23.4 Å². The Kier molecular flexibility index (Phi) is 8.04. The van der Waals surface area contributed by atoms with Crippen molar-refractivity contribution in [2.75, 3.05) is 57.2 Å². The van der Waals surface area contributed by atoms with E-state index in [0.717, 1.165) is 31.6 Å². The Bertz CT molecular complexity index is 1340. The highest BCUT2D eigenvalue weighted by Crippen LogP contribution is 2.36. The summed E-state index contributed by atoms with van der Waals surface area (Å²) in [6.07, 6.45) is 2.38. The Balaban J connectivity index is 1.29. The van der Waals surface area contributed by atoms with Crippen molar-refractivity contribution in [2.45, 2.75) is 39.4 Å². The van der Waals surface area contributed by atoms with E-state index in [2.05, 4.69) is 62.9 Å². The first-order valence-corrected chi connectivity index (χ1v) is 17.3. The summed E-state index contributed by atoms with van der Waals surface area (Å²) < 4.78 is 22.9. The fourth-order valence-electron chi connectivity index (χ4n) is 5.00. The van der Waals surface area contributed by atoms with Gasteiger partial charge in [-0.2, -0.15) is 9.97 Å². The van der Waals surface area contributed by atoms with E-state index in [4.69, 9.17) is 18.6 Å². The van der Waals surface area contributed by atoms with Crippen LogP contribution in [0.4, 0.5) is 11.6 Å². The number of likely N-dealkylation sites (tertiary alicyclic amines) is 1. The van der Waals surface area contributed by atoms with Crippen LogP contribution in [0.15, 0.2) is 34.7 Å². The second kappa shape index (κ2) is 11.5. The number of carbonyl (C=O) groups is 1. The Hall–Kier alpha value is -3.57. The van der Waals surface area contributed by atoms with Crippen LogP contribution in [0.5, 0.6) is 23.5 Å². The number of hydrogen-bond donors (Lipinski definition) is 1. The van der Waals surface area contributed by atoms with Crippen molar-refractivity contribution in [1.29, 1.82) is 0 Å². The third kappa shape index (κ3) is 6.10. The zero-order valence-electron chi connectivity index (χ0n) is 24.2. The first-order chi connectivity index (χ1) is 19.1. The van der Waals surface area contributed by atoms with Crippen molar-refractivity contribution in [3.05, 3.63) is 41.7 Å². The maximum Gasteiger partial charge on any atom is 0.291 e. The molecule has 3 aromatic rings. The van der Waals surface area contributed by atoms with E-state index in [9.17, 15) is 4.79 Å². The second-order valence-corrected chi connectivity index (χ2v) is 16.7. The molecule has 0 bridgehead atoms. The molecule has 11 heteroatoms. The van der Waals surface area contributed by atoms with Crippen molar-refractivity contribution in [3.8, 4) is 23.5 Å². The quantitative estimate of drug-likeness (QED) is 0.356. The van der Waals surface area contributed by atoms with Crippen LogP contribution in [-0.4, -0.2) is 75.8 Å². The summed E-state index contributed by atoms with van der Waals surface area (Å²) in [5.41, 5.74) is 1.23. The molecule has 1 atom stereocenters. The maximum absolute atomic E-state index is 13.2.